The molecule has 1 aromatic heterocycles. The Balaban J connectivity index is 2.17. The number of hydrogen-bond acceptors (Lipinski definition) is 1. The summed E-state index contributed by atoms with van der Waals surface area (Å²) >= 11 is 0. The largest absolute Gasteiger partial charge is 0.358 e. The Morgan fingerprint density at radius 2 is 1.80 bits per heavy atom. The molecule has 0 radical (unpaired) electrons. The van der Waals surface area contributed by atoms with Crippen LogP contribution in [0.2, 0.25) is 0 Å². The number of H-pyrrole nitrogens is 1. The third-order valence-electron chi connectivity index (χ3n) is 3.65. The zero-order valence-corrected chi connectivity index (χ0v) is 11.7. The van der Waals surface area contributed by atoms with E-state index >= 15 is 0 Å². The van der Waals surface area contributed by atoms with Gasteiger partial charge in [0, 0.05) is 23.0 Å². The van der Waals surface area contributed by atoms with Crippen LogP contribution in [0.3, 0.4) is 0 Å². The van der Waals surface area contributed by atoms with Crippen LogP contribution >= 0.6 is 0 Å². The van der Waals surface area contributed by atoms with Crippen molar-refractivity contribution in [2.45, 2.75) is 20.3 Å². The van der Waals surface area contributed by atoms with Crippen molar-refractivity contribution >= 4 is 16.7 Å². The topological polar surface area (TPSA) is 32.9 Å². The Bertz CT molecular complexity index is 769. The average Bonchev–Trinajstić information content (AvgIpc) is 2.75. The maximum atomic E-state index is 11.4. The van der Waals surface area contributed by atoms with Gasteiger partial charge in [-0.1, -0.05) is 36.4 Å². The van der Waals surface area contributed by atoms with Gasteiger partial charge >= 0.3 is 0 Å². The number of carbonyl (C=O) groups excluding carboxylic acids is 1. The molecule has 0 aliphatic carbocycles. The molecule has 0 aliphatic heterocycles. The second-order valence-corrected chi connectivity index (χ2v) is 5.23. The van der Waals surface area contributed by atoms with Crippen molar-refractivity contribution in [1.82, 2.24) is 4.98 Å². The van der Waals surface area contributed by atoms with E-state index in [1.807, 2.05) is 25.1 Å². The Morgan fingerprint density at radius 3 is 2.50 bits per heavy atom. The van der Waals surface area contributed by atoms with Crippen molar-refractivity contribution in [3.05, 3.63) is 59.8 Å². The molecule has 0 bridgehead atoms. The van der Waals surface area contributed by atoms with Crippen molar-refractivity contribution in [3.63, 3.8) is 0 Å². The lowest BCUT2D eigenvalue weighted by Gasteiger charge is -2.03. The van der Waals surface area contributed by atoms with E-state index in [9.17, 15) is 4.79 Å². The highest BCUT2D eigenvalue weighted by Gasteiger charge is 2.11. The highest BCUT2D eigenvalue weighted by molar-refractivity contribution is 5.92. The number of nitrogens with one attached hydrogen (secondary N) is 1. The predicted molar refractivity (Wildman–Crippen MR) is 82.9 cm³/mol. The molecule has 0 saturated heterocycles. The molecule has 0 saturated carbocycles. The van der Waals surface area contributed by atoms with Gasteiger partial charge in [-0.2, -0.15) is 0 Å². The fraction of sp³-hybridized carbons (Fsp3) is 0.167. The molecule has 100 valence electrons. The third kappa shape index (κ3) is 2.25. The van der Waals surface area contributed by atoms with Gasteiger partial charge in [0.05, 0.1) is 0 Å². The van der Waals surface area contributed by atoms with Gasteiger partial charge in [-0.05, 0) is 42.7 Å². The Hall–Kier alpha value is -2.35. The number of aromatic nitrogens is 1. The van der Waals surface area contributed by atoms with Crippen molar-refractivity contribution in [3.8, 4) is 11.1 Å². The molecule has 3 aromatic rings. The minimum absolute atomic E-state index is 0.194. The summed E-state index contributed by atoms with van der Waals surface area (Å²) in [6.07, 6.45) is 0.490. The Morgan fingerprint density at radius 1 is 1.05 bits per heavy atom. The highest BCUT2D eigenvalue weighted by Crippen LogP contribution is 2.28. The minimum Gasteiger partial charge on any atom is -0.358 e. The van der Waals surface area contributed by atoms with E-state index in [1.54, 1.807) is 6.92 Å². The lowest BCUT2D eigenvalue weighted by atomic mass is 10.0. The maximum absolute atomic E-state index is 11.4. The van der Waals surface area contributed by atoms with E-state index in [0.717, 1.165) is 22.2 Å². The van der Waals surface area contributed by atoms with Gasteiger partial charge < -0.3 is 4.98 Å². The van der Waals surface area contributed by atoms with Crippen LogP contribution in [0.15, 0.2) is 48.5 Å². The molecule has 2 nitrogen and oxygen atoms in total. The molecule has 0 spiro atoms. The summed E-state index contributed by atoms with van der Waals surface area (Å²) in [5.41, 5.74) is 5.67. The second-order valence-electron chi connectivity index (χ2n) is 5.23. The monoisotopic (exact) mass is 263 g/mol. The molecule has 0 fully saturated rings. The average molecular weight is 263 g/mol. The van der Waals surface area contributed by atoms with Crippen molar-refractivity contribution in [2.75, 3.05) is 0 Å². The Kier molecular flexibility index (Phi) is 3.15. The van der Waals surface area contributed by atoms with Crippen LogP contribution in [0.5, 0.6) is 0 Å². The molecule has 3 rings (SSSR count). The van der Waals surface area contributed by atoms with Gasteiger partial charge in [0.1, 0.15) is 5.78 Å². The first kappa shape index (κ1) is 12.7. The molecule has 2 aromatic carbocycles. The van der Waals surface area contributed by atoms with Crippen LogP contribution in [0.1, 0.15) is 18.2 Å². The molecule has 1 heterocycles. The van der Waals surface area contributed by atoms with E-state index < -0.39 is 0 Å². The number of ketones is 1. The van der Waals surface area contributed by atoms with E-state index in [4.69, 9.17) is 0 Å². The zero-order valence-electron chi connectivity index (χ0n) is 11.7. The number of benzene rings is 2. The van der Waals surface area contributed by atoms with Gasteiger partial charge in [0.25, 0.3) is 0 Å². The first-order valence-corrected chi connectivity index (χ1v) is 6.81. The lowest BCUT2D eigenvalue weighted by molar-refractivity contribution is -0.116. The second kappa shape index (κ2) is 4.97. The third-order valence-corrected chi connectivity index (χ3v) is 3.65. The summed E-state index contributed by atoms with van der Waals surface area (Å²) in [4.78, 5) is 14.8. The van der Waals surface area contributed by atoms with E-state index in [-0.39, 0.29) is 5.78 Å². The van der Waals surface area contributed by atoms with Crippen LogP contribution in [-0.4, -0.2) is 10.8 Å². The van der Waals surface area contributed by atoms with E-state index in [2.05, 4.69) is 35.3 Å². The standard InChI is InChI=1S/C18H17NO/c1-12(20)10-16-13(2)19-18-9-8-15(11-17(16)18)14-6-4-3-5-7-14/h3-9,11,19H,10H2,1-2H3. The fourth-order valence-electron chi connectivity index (χ4n) is 2.67. The summed E-state index contributed by atoms with van der Waals surface area (Å²) in [7, 11) is 0. The molecule has 0 unspecified atom stereocenters. The van der Waals surface area contributed by atoms with Gasteiger partial charge in [-0.15, -0.1) is 0 Å². The molecular formula is C18H17NO. The lowest BCUT2D eigenvalue weighted by Crippen LogP contribution is -1.97. The summed E-state index contributed by atoms with van der Waals surface area (Å²) < 4.78 is 0. The zero-order chi connectivity index (χ0) is 14.1. The minimum atomic E-state index is 0.194. The Labute approximate surface area is 118 Å². The number of fused-ring (bicyclic) bond motifs is 1. The predicted octanol–water partition coefficient (Wildman–Crippen LogP) is 4.27. The molecule has 1 N–H and O–H groups in total. The van der Waals surface area contributed by atoms with E-state index in [1.165, 1.54) is 11.1 Å². The van der Waals surface area contributed by atoms with Crippen LogP contribution in [0.4, 0.5) is 0 Å². The quantitative estimate of drug-likeness (QED) is 0.752. The van der Waals surface area contributed by atoms with E-state index in [0.29, 0.717) is 6.42 Å². The summed E-state index contributed by atoms with van der Waals surface area (Å²) in [5, 5.41) is 1.15. The SMILES string of the molecule is CC(=O)Cc1c(C)[nH]c2ccc(-c3ccccc3)cc12. The molecular weight excluding hydrogens is 246 g/mol. The van der Waals surface area contributed by atoms with Gasteiger partial charge in [0.2, 0.25) is 0 Å². The summed E-state index contributed by atoms with van der Waals surface area (Å²) in [6, 6.07) is 16.7. The molecule has 2 heteroatoms. The van der Waals surface area contributed by atoms with Crippen molar-refractivity contribution in [1.29, 1.82) is 0 Å². The molecule has 0 atom stereocenters. The first-order chi connectivity index (χ1) is 9.65. The number of aromatic amines is 1. The van der Waals surface area contributed by atoms with Crippen molar-refractivity contribution < 1.29 is 4.79 Å². The first-order valence-electron chi connectivity index (χ1n) is 6.81. The van der Waals surface area contributed by atoms with Crippen LogP contribution < -0.4 is 0 Å². The summed E-state index contributed by atoms with van der Waals surface area (Å²) in [6.45, 7) is 3.67. The van der Waals surface area contributed by atoms with Gasteiger partial charge in [-0.25, -0.2) is 0 Å². The normalized spacial score (nSPS) is 10.9. The number of rotatable bonds is 3. The van der Waals surface area contributed by atoms with Crippen LogP contribution in [-0.2, 0) is 11.2 Å². The summed E-state index contributed by atoms with van der Waals surface area (Å²) in [5.74, 6) is 0.194. The maximum Gasteiger partial charge on any atom is 0.134 e. The molecule has 0 amide bonds. The molecule has 20 heavy (non-hydrogen) atoms. The number of Topliss-reactive ketones (excluding diaryl/α,β-unsaturated/α-hetero) is 1. The number of carbonyl (C=O) groups is 1. The smallest absolute Gasteiger partial charge is 0.134 e. The van der Waals surface area contributed by atoms with Gasteiger partial charge in [-0.3, -0.25) is 4.79 Å². The van der Waals surface area contributed by atoms with Crippen molar-refractivity contribution in [2.24, 2.45) is 0 Å². The molecule has 0 aliphatic rings. The number of aryl methyl sites for hydroxylation is 1. The van der Waals surface area contributed by atoms with Crippen LogP contribution in [0.25, 0.3) is 22.0 Å². The fourth-order valence-corrected chi connectivity index (χ4v) is 2.67. The number of hydrogen-bond donors (Lipinski definition) is 1. The highest BCUT2D eigenvalue weighted by atomic mass is 16.1. The van der Waals surface area contributed by atoms with Gasteiger partial charge in [0.15, 0.2) is 0 Å². The van der Waals surface area contributed by atoms with Crippen LogP contribution in [0, 0.1) is 6.92 Å².